The first-order chi connectivity index (χ1) is 6.77. The van der Waals surface area contributed by atoms with Gasteiger partial charge in [-0.3, -0.25) is 5.10 Å². The topological polar surface area (TPSA) is 67.6 Å². The second kappa shape index (κ2) is 3.59. The van der Waals surface area contributed by atoms with Crippen molar-refractivity contribution in [3.8, 4) is 0 Å². The van der Waals surface area contributed by atoms with Gasteiger partial charge in [-0.25, -0.2) is 4.98 Å². The molecule has 1 aromatic carbocycles. The maximum atomic E-state index is 5.98. The summed E-state index contributed by atoms with van der Waals surface area (Å²) >= 11 is 0. The largest absolute Gasteiger partial charge is 0.318 e. The van der Waals surface area contributed by atoms with E-state index in [4.69, 9.17) is 5.73 Å². The van der Waals surface area contributed by atoms with E-state index in [0.717, 1.165) is 11.4 Å². The van der Waals surface area contributed by atoms with Crippen molar-refractivity contribution in [1.29, 1.82) is 0 Å². The van der Waals surface area contributed by atoms with Crippen LogP contribution in [-0.4, -0.2) is 15.2 Å². The van der Waals surface area contributed by atoms with Crippen LogP contribution in [0.4, 0.5) is 0 Å². The second-order valence-corrected chi connectivity index (χ2v) is 3.17. The lowest BCUT2D eigenvalue weighted by Gasteiger charge is -2.06. The van der Waals surface area contributed by atoms with Gasteiger partial charge in [-0.15, -0.1) is 0 Å². The molecule has 0 saturated heterocycles. The van der Waals surface area contributed by atoms with Gasteiger partial charge in [0.1, 0.15) is 5.82 Å². The Morgan fingerprint density at radius 1 is 1.29 bits per heavy atom. The molecule has 0 saturated carbocycles. The van der Waals surface area contributed by atoms with Gasteiger partial charge in [0, 0.05) is 0 Å². The first-order valence-corrected chi connectivity index (χ1v) is 4.47. The standard InChI is InChI=1S/C10H12N4/c1-7-12-10(14-13-7)9(11)8-5-3-2-4-6-8/h2-6,9H,11H2,1H3,(H,12,13,14). The minimum Gasteiger partial charge on any atom is -0.318 e. The van der Waals surface area contributed by atoms with Crippen molar-refractivity contribution in [3.63, 3.8) is 0 Å². The molecule has 1 aromatic heterocycles. The van der Waals surface area contributed by atoms with E-state index in [2.05, 4.69) is 15.2 Å². The SMILES string of the molecule is Cc1nc(C(N)c2ccccc2)n[nH]1. The molecule has 72 valence electrons. The molecular weight excluding hydrogens is 176 g/mol. The highest BCUT2D eigenvalue weighted by molar-refractivity contribution is 5.23. The average Bonchev–Trinajstić information content (AvgIpc) is 2.65. The van der Waals surface area contributed by atoms with Crippen molar-refractivity contribution in [2.75, 3.05) is 0 Å². The number of hydrogen-bond acceptors (Lipinski definition) is 3. The van der Waals surface area contributed by atoms with Crippen LogP contribution in [0.2, 0.25) is 0 Å². The molecule has 1 atom stereocenters. The number of hydrogen-bond donors (Lipinski definition) is 2. The zero-order valence-electron chi connectivity index (χ0n) is 7.94. The zero-order chi connectivity index (χ0) is 9.97. The molecule has 4 heteroatoms. The van der Waals surface area contributed by atoms with Gasteiger partial charge < -0.3 is 5.73 Å². The van der Waals surface area contributed by atoms with Crippen molar-refractivity contribution in [1.82, 2.24) is 15.2 Å². The fraction of sp³-hybridized carbons (Fsp3) is 0.200. The number of aromatic amines is 1. The Bertz CT molecular complexity index is 407. The molecule has 2 rings (SSSR count). The minimum atomic E-state index is -0.249. The summed E-state index contributed by atoms with van der Waals surface area (Å²) in [6, 6.07) is 9.55. The van der Waals surface area contributed by atoms with Crippen molar-refractivity contribution >= 4 is 0 Å². The molecule has 0 spiro atoms. The highest BCUT2D eigenvalue weighted by atomic mass is 15.2. The normalized spacial score (nSPS) is 12.7. The number of nitrogens with two attached hydrogens (primary N) is 1. The van der Waals surface area contributed by atoms with Crippen LogP contribution in [0, 0.1) is 6.92 Å². The third-order valence-corrected chi connectivity index (χ3v) is 2.05. The smallest absolute Gasteiger partial charge is 0.171 e. The summed E-state index contributed by atoms with van der Waals surface area (Å²) in [4.78, 5) is 4.20. The average molecular weight is 188 g/mol. The van der Waals surface area contributed by atoms with Gasteiger partial charge >= 0.3 is 0 Å². The highest BCUT2D eigenvalue weighted by Gasteiger charge is 2.12. The summed E-state index contributed by atoms with van der Waals surface area (Å²) in [5.74, 6) is 1.42. The van der Waals surface area contributed by atoms with Gasteiger partial charge in [0.05, 0.1) is 6.04 Å². The van der Waals surface area contributed by atoms with Crippen molar-refractivity contribution < 1.29 is 0 Å². The molecule has 1 heterocycles. The summed E-state index contributed by atoms with van der Waals surface area (Å²) in [5, 5.41) is 6.81. The number of nitrogens with one attached hydrogen (secondary N) is 1. The maximum absolute atomic E-state index is 5.98. The summed E-state index contributed by atoms with van der Waals surface area (Å²) in [7, 11) is 0. The molecule has 0 radical (unpaired) electrons. The van der Waals surface area contributed by atoms with E-state index in [1.807, 2.05) is 37.3 Å². The van der Waals surface area contributed by atoms with E-state index in [9.17, 15) is 0 Å². The van der Waals surface area contributed by atoms with Crippen LogP contribution in [-0.2, 0) is 0 Å². The predicted molar refractivity (Wildman–Crippen MR) is 53.6 cm³/mol. The molecular formula is C10H12N4. The summed E-state index contributed by atoms with van der Waals surface area (Å²) in [5.41, 5.74) is 7.00. The molecule has 1 unspecified atom stereocenters. The molecule has 0 aliphatic heterocycles. The molecule has 0 amide bonds. The van der Waals surface area contributed by atoms with Crippen LogP contribution in [0.15, 0.2) is 30.3 Å². The third kappa shape index (κ3) is 1.65. The summed E-state index contributed by atoms with van der Waals surface area (Å²) in [6.45, 7) is 1.86. The van der Waals surface area contributed by atoms with E-state index in [-0.39, 0.29) is 6.04 Å². The first kappa shape index (κ1) is 8.90. The van der Waals surface area contributed by atoms with E-state index in [1.54, 1.807) is 0 Å². The summed E-state index contributed by atoms with van der Waals surface area (Å²) < 4.78 is 0. The molecule has 0 aliphatic carbocycles. The van der Waals surface area contributed by atoms with Crippen LogP contribution in [0.25, 0.3) is 0 Å². The van der Waals surface area contributed by atoms with Crippen molar-refractivity contribution in [3.05, 3.63) is 47.5 Å². The number of H-pyrrole nitrogens is 1. The number of aryl methyl sites for hydroxylation is 1. The molecule has 14 heavy (non-hydrogen) atoms. The molecule has 4 nitrogen and oxygen atoms in total. The number of rotatable bonds is 2. The first-order valence-electron chi connectivity index (χ1n) is 4.47. The molecule has 2 aromatic rings. The highest BCUT2D eigenvalue weighted by Crippen LogP contribution is 2.14. The van der Waals surface area contributed by atoms with Crippen LogP contribution in [0.3, 0.4) is 0 Å². The van der Waals surface area contributed by atoms with Gasteiger partial charge in [0.15, 0.2) is 5.82 Å². The number of benzene rings is 1. The van der Waals surface area contributed by atoms with Crippen LogP contribution < -0.4 is 5.73 Å². The van der Waals surface area contributed by atoms with Crippen molar-refractivity contribution in [2.45, 2.75) is 13.0 Å². The van der Waals surface area contributed by atoms with E-state index in [1.165, 1.54) is 0 Å². The van der Waals surface area contributed by atoms with Gasteiger partial charge in [-0.2, -0.15) is 5.10 Å². The molecule has 3 N–H and O–H groups in total. The quantitative estimate of drug-likeness (QED) is 0.743. The van der Waals surface area contributed by atoms with Crippen LogP contribution in [0.5, 0.6) is 0 Å². The lowest BCUT2D eigenvalue weighted by Crippen LogP contribution is -2.13. The predicted octanol–water partition coefficient (Wildman–Crippen LogP) is 1.16. The van der Waals surface area contributed by atoms with E-state index >= 15 is 0 Å². The Labute approximate surface area is 82.2 Å². The van der Waals surface area contributed by atoms with E-state index < -0.39 is 0 Å². The molecule has 0 fully saturated rings. The van der Waals surface area contributed by atoms with Gasteiger partial charge in [-0.1, -0.05) is 30.3 Å². The zero-order valence-corrected chi connectivity index (χ0v) is 7.94. The van der Waals surface area contributed by atoms with Crippen LogP contribution >= 0.6 is 0 Å². The van der Waals surface area contributed by atoms with Crippen molar-refractivity contribution in [2.24, 2.45) is 5.73 Å². The van der Waals surface area contributed by atoms with Gasteiger partial charge in [0.25, 0.3) is 0 Å². The Hall–Kier alpha value is -1.68. The fourth-order valence-electron chi connectivity index (χ4n) is 1.31. The fourth-order valence-corrected chi connectivity index (χ4v) is 1.31. The second-order valence-electron chi connectivity index (χ2n) is 3.17. The Morgan fingerprint density at radius 3 is 2.57 bits per heavy atom. The lowest BCUT2D eigenvalue weighted by molar-refractivity contribution is 0.787. The lowest BCUT2D eigenvalue weighted by atomic mass is 10.1. The monoisotopic (exact) mass is 188 g/mol. The van der Waals surface area contributed by atoms with Gasteiger partial charge in [0.2, 0.25) is 0 Å². The maximum Gasteiger partial charge on any atom is 0.171 e. The Balaban J connectivity index is 2.29. The molecule has 0 bridgehead atoms. The Kier molecular flexibility index (Phi) is 2.28. The van der Waals surface area contributed by atoms with Crippen LogP contribution in [0.1, 0.15) is 23.3 Å². The Morgan fingerprint density at radius 2 is 2.00 bits per heavy atom. The van der Waals surface area contributed by atoms with E-state index in [0.29, 0.717) is 5.82 Å². The molecule has 0 aliphatic rings. The number of nitrogens with zero attached hydrogens (tertiary/aromatic N) is 2. The summed E-state index contributed by atoms with van der Waals surface area (Å²) in [6.07, 6.45) is 0. The van der Waals surface area contributed by atoms with Gasteiger partial charge in [-0.05, 0) is 12.5 Å². The minimum absolute atomic E-state index is 0.249. The third-order valence-electron chi connectivity index (χ3n) is 2.05. The number of aromatic nitrogens is 3.